The summed E-state index contributed by atoms with van der Waals surface area (Å²) in [5, 5.41) is 9.28. The van der Waals surface area contributed by atoms with E-state index in [2.05, 4.69) is 0 Å². The normalized spacial score (nSPS) is 22.4. The van der Waals surface area contributed by atoms with Gasteiger partial charge in [0.05, 0.1) is 4.88 Å². The van der Waals surface area contributed by atoms with Crippen LogP contribution >= 0.6 is 11.3 Å². The third kappa shape index (κ3) is 2.46. The molecule has 0 bridgehead atoms. The van der Waals surface area contributed by atoms with Crippen LogP contribution in [0.2, 0.25) is 0 Å². The molecule has 4 nitrogen and oxygen atoms in total. The first kappa shape index (κ1) is 13.6. The molecule has 1 amide bonds. The minimum absolute atomic E-state index is 0.0866. The predicted molar refractivity (Wildman–Crippen MR) is 77.3 cm³/mol. The van der Waals surface area contributed by atoms with Crippen molar-refractivity contribution in [1.82, 2.24) is 4.90 Å². The predicted octanol–water partition coefficient (Wildman–Crippen LogP) is 2.71. The lowest BCUT2D eigenvalue weighted by molar-refractivity contribution is -0.143. The van der Waals surface area contributed by atoms with Crippen LogP contribution in [0.3, 0.4) is 0 Å². The van der Waals surface area contributed by atoms with E-state index >= 15 is 0 Å². The fourth-order valence-electron chi connectivity index (χ4n) is 3.17. The molecule has 1 aliphatic heterocycles. The molecule has 5 heteroatoms. The molecule has 20 heavy (non-hydrogen) atoms. The smallest absolute Gasteiger partial charge is 0.326 e. The molecule has 0 spiro atoms. The summed E-state index contributed by atoms with van der Waals surface area (Å²) >= 11 is 1.57. The highest BCUT2D eigenvalue weighted by molar-refractivity contribution is 7.14. The van der Waals surface area contributed by atoms with E-state index in [-0.39, 0.29) is 5.91 Å². The number of carbonyl (C=O) groups excluding carboxylic acids is 1. The number of carboxylic acid groups (broad SMARTS) is 1. The van der Waals surface area contributed by atoms with Gasteiger partial charge in [0.15, 0.2) is 0 Å². The highest BCUT2D eigenvalue weighted by Crippen LogP contribution is 2.31. The zero-order valence-corrected chi connectivity index (χ0v) is 12.2. The number of fused-ring (bicyclic) bond motifs is 1. The average molecular weight is 293 g/mol. The monoisotopic (exact) mass is 293 g/mol. The number of hydrogen-bond acceptors (Lipinski definition) is 3. The molecule has 3 rings (SSSR count). The summed E-state index contributed by atoms with van der Waals surface area (Å²) in [4.78, 5) is 27.5. The first-order chi connectivity index (χ1) is 9.66. The Morgan fingerprint density at radius 3 is 2.75 bits per heavy atom. The van der Waals surface area contributed by atoms with Crippen molar-refractivity contribution >= 4 is 23.2 Å². The van der Waals surface area contributed by atoms with Crippen LogP contribution in [0.5, 0.6) is 0 Å². The molecule has 108 valence electrons. The Morgan fingerprint density at radius 1 is 1.20 bits per heavy atom. The van der Waals surface area contributed by atoms with E-state index < -0.39 is 12.0 Å². The molecule has 0 aromatic carbocycles. The molecule has 1 N–H and O–H groups in total. The summed E-state index contributed by atoms with van der Waals surface area (Å²) in [5.74, 6) is -0.962. The Morgan fingerprint density at radius 2 is 2.00 bits per heavy atom. The van der Waals surface area contributed by atoms with Gasteiger partial charge in [-0.3, -0.25) is 4.79 Å². The van der Waals surface area contributed by atoms with Gasteiger partial charge in [-0.05, 0) is 56.6 Å². The van der Waals surface area contributed by atoms with Gasteiger partial charge in [-0.1, -0.05) is 0 Å². The Balaban J connectivity index is 1.83. The Hall–Kier alpha value is -1.36. The van der Waals surface area contributed by atoms with Crippen LogP contribution in [0.15, 0.2) is 6.07 Å². The number of piperidine rings is 1. The molecule has 1 aromatic rings. The fraction of sp³-hybridized carbons (Fsp3) is 0.600. The second-order valence-corrected chi connectivity index (χ2v) is 6.75. The quantitative estimate of drug-likeness (QED) is 0.912. The van der Waals surface area contributed by atoms with E-state index in [1.54, 1.807) is 16.2 Å². The third-order valence-electron chi connectivity index (χ3n) is 4.26. The van der Waals surface area contributed by atoms with Crippen LogP contribution in [0.1, 0.15) is 52.2 Å². The lowest BCUT2D eigenvalue weighted by Crippen LogP contribution is -2.47. The number of aliphatic carboxylic acids is 1. The maximum absolute atomic E-state index is 12.6. The average Bonchev–Trinajstić information content (AvgIpc) is 2.90. The van der Waals surface area contributed by atoms with Gasteiger partial charge in [-0.15, -0.1) is 11.3 Å². The Bertz CT molecular complexity index is 514. The van der Waals surface area contributed by atoms with Crippen LogP contribution in [-0.2, 0) is 17.6 Å². The van der Waals surface area contributed by atoms with Crippen LogP contribution in [0.25, 0.3) is 0 Å². The van der Waals surface area contributed by atoms with Crippen molar-refractivity contribution in [2.75, 3.05) is 6.54 Å². The molecular formula is C15H19NO3S. The zero-order chi connectivity index (χ0) is 14.1. The number of carbonyl (C=O) groups is 2. The van der Waals surface area contributed by atoms with Gasteiger partial charge in [0.25, 0.3) is 5.91 Å². The van der Waals surface area contributed by atoms with Crippen LogP contribution in [0, 0.1) is 0 Å². The standard InChI is InChI=1S/C15H19NO3S/c17-14(16-8-4-3-6-11(16)15(18)19)13-9-10-5-1-2-7-12(10)20-13/h9,11H,1-8H2,(H,18,19). The summed E-state index contributed by atoms with van der Waals surface area (Å²) in [6.45, 7) is 0.568. The number of carboxylic acids is 1. The van der Waals surface area contributed by atoms with Gasteiger partial charge in [-0.25, -0.2) is 4.79 Å². The van der Waals surface area contributed by atoms with Gasteiger partial charge in [0.2, 0.25) is 0 Å². The summed E-state index contributed by atoms with van der Waals surface area (Å²) in [6.07, 6.45) is 6.88. The molecule has 0 radical (unpaired) electrons. The highest BCUT2D eigenvalue weighted by atomic mass is 32.1. The molecule has 0 saturated carbocycles. The summed E-state index contributed by atoms with van der Waals surface area (Å²) in [5.41, 5.74) is 1.30. The van der Waals surface area contributed by atoms with Gasteiger partial charge >= 0.3 is 5.97 Å². The summed E-state index contributed by atoms with van der Waals surface area (Å²) < 4.78 is 0. The van der Waals surface area contributed by atoms with Crippen molar-refractivity contribution < 1.29 is 14.7 Å². The first-order valence-corrected chi connectivity index (χ1v) is 8.14. The molecule has 1 aromatic heterocycles. The zero-order valence-electron chi connectivity index (χ0n) is 11.4. The summed E-state index contributed by atoms with van der Waals surface area (Å²) in [6, 6.07) is 1.35. The number of thiophene rings is 1. The maximum atomic E-state index is 12.6. The first-order valence-electron chi connectivity index (χ1n) is 7.32. The van der Waals surface area contributed by atoms with E-state index in [0.717, 1.165) is 30.6 Å². The van der Waals surface area contributed by atoms with Crippen LogP contribution < -0.4 is 0 Å². The van der Waals surface area contributed by atoms with E-state index in [1.165, 1.54) is 23.3 Å². The minimum Gasteiger partial charge on any atom is -0.480 e. The molecule has 2 heterocycles. The van der Waals surface area contributed by atoms with Gasteiger partial charge in [0.1, 0.15) is 6.04 Å². The molecule has 1 aliphatic carbocycles. The van der Waals surface area contributed by atoms with Crippen molar-refractivity contribution in [3.63, 3.8) is 0 Å². The number of rotatable bonds is 2. The lowest BCUT2D eigenvalue weighted by Gasteiger charge is -2.32. The van der Waals surface area contributed by atoms with Crippen molar-refractivity contribution in [2.45, 2.75) is 51.0 Å². The number of amides is 1. The molecule has 2 aliphatic rings. The second-order valence-electron chi connectivity index (χ2n) is 5.61. The van der Waals surface area contributed by atoms with Gasteiger partial charge in [-0.2, -0.15) is 0 Å². The van der Waals surface area contributed by atoms with E-state index in [9.17, 15) is 14.7 Å². The fourth-order valence-corrected chi connectivity index (χ4v) is 4.38. The molecule has 1 saturated heterocycles. The van der Waals surface area contributed by atoms with Crippen LogP contribution in [-0.4, -0.2) is 34.5 Å². The Labute approximate surface area is 122 Å². The van der Waals surface area contributed by atoms with Gasteiger partial charge < -0.3 is 10.0 Å². The molecule has 1 unspecified atom stereocenters. The van der Waals surface area contributed by atoms with Crippen molar-refractivity contribution in [1.29, 1.82) is 0 Å². The van der Waals surface area contributed by atoms with Crippen molar-refractivity contribution in [2.24, 2.45) is 0 Å². The summed E-state index contributed by atoms with van der Waals surface area (Å²) in [7, 11) is 0. The topological polar surface area (TPSA) is 57.6 Å². The number of likely N-dealkylation sites (tertiary alicyclic amines) is 1. The third-order valence-corrected chi connectivity index (χ3v) is 5.48. The van der Waals surface area contributed by atoms with Crippen molar-refractivity contribution in [3.8, 4) is 0 Å². The van der Waals surface area contributed by atoms with E-state index in [0.29, 0.717) is 13.0 Å². The molecule has 1 fully saturated rings. The molecular weight excluding hydrogens is 274 g/mol. The van der Waals surface area contributed by atoms with Gasteiger partial charge in [0, 0.05) is 11.4 Å². The largest absolute Gasteiger partial charge is 0.480 e. The second kappa shape index (κ2) is 5.56. The number of hydrogen-bond donors (Lipinski definition) is 1. The molecule has 1 atom stereocenters. The number of nitrogens with zero attached hydrogens (tertiary/aromatic N) is 1. The van der Waals surface area contributed by atoms with Crippen LogP contribution in [0.4, 0.5) is 0 Å². The minimum atomic E-state index is -0.876. The highest BCUT2D eigenvalue weighted by Gasteiger charge is 2.33. The van der Waals surface area contributed by atoms with E-state index in [4.69, 9.17) is 0 Å². The Kier molecular flexibility index (Phi) is 3.78. The number of aryl methyl sites for hydroxylation is 2. The lowest BCUT2D eigenvalue weighted by atomic mass is 9.99. The maximum Gasteiger partial charge on any atom is 0.326 e. The van der Waals surface area contributed by atoms with Crippen molar-refractivity contribution in [3.05, 3.63) is 21.4 Å². The van der Waals surface area contributed by atoms with E-state index in [1.807, 2.05) is 6.07 Å². The SMILES string of the molecule is O=C(O)C1CCCCN1C(=O)c1cc2c(s1)CCCC2.